The molecule has 0 fully saturated rings. The predicted octanol–water partition coefficient (Wildman–Crippen LogP) is 0.923. The van der Waals surface area contributed by atoms with Gasteiger partial charge in [0.25, 0.3) is 5.91 Å². The Morgan fingerprint density at radius 2 is 2.00 bits per heavy atom. The zero-order valence-corrected chi connectivity index (χ0v) is 10.2. The van der Waals surface area contributed by atoms with Gasteiger partial charge < -0.3 is 10.4 Å². The summed E-state index contributed by atoms with van der Waals surface area (Å²) < 4.78 is 0. The number of aryl methyl sites for hydroxylation is 1. The van der Waals surface area contributed by atoms with E-state index in [0.717, 1.165) is 10.4 Å². The first-order valence-electron chi connectivity index (χ1n) is 5.54. The average molecular weight is 260 g/mol. The van der Waals surface area contributed by atoms with Crippen LogP contribution in [0, 0.1) is 6.92 Å². The number of nitrogens with zero attached hydrogens (tertiary/aromatic N) is 3. The number of aliphatic carboxylic acids is 1. The molecule has 0 unspecified atom stereocenters. The van der Waals surface area contributed by atoms with Crippen molar-refractivity contribution in [3.05, 3.63) is 41.6 Å². The largest absolute Gasteiger partial charge is 0.480 e. The number of nitrogens with one attached hydrogen (secondary N) is 1. The summed E-state index contributed by atoms with van der Waals surface area (Å²) in [7, 11) is 0. The van der Waals surface area contributed by atoms with E-state index < -0.39 is 5.97 Å². The number of hydrogen-bond acceptors (Lipinski definition) is 4. The molecule has 2 rings (SSSR count). The van der Waals surface area contributed by atoms with Crippen molar-refractivity contribution in [1.82, 2.24) is 15.0 Å². The number of rotatable bonds is 4. The van der Waals surface area contributed by atoms with E-state index in [1.807, 2.05) is 19.1 Å². The molecule has 19 heavy (non-hydrogen) atoms. The summed E-state index contributed by atoms with van der Waals surface area (Å²) in [5.41, 5.74) is 1.56. The van der Waals surface area contributed by atoms with Crippen LogP contribution in [0.15, 0.2) is 30.5 Å². The van der Waals surface area contributed by atoms with E-state index in [0.29, 0.717) is 5.56 Å². The minimum absolute atomic E-state index is 0.215. The van der Waals surface area contributed by atoms with Crippen LogP contribution < -0.4 is 5.32 Å². The summed E-state index contributed by atoms with van der Waals surface area (Å²) in [6, 6.07) is 7.06. The topological polar surface area (TPSA) is 97.1 Å². The van der Waals surface area contributed by atoms with E-state index >= 15 is 0 Å². The third-order valence-corrected chi connectivity index (χ3v) is 2.37. The second-order valence-electron chi connectivity index (χ2n) is 3.97. The molecular weight excluding hydrogens is 248 g/mol. The Hall–Kier alpha value is -2.70. The van der Waals surface area contributed by atoms with Crippen LogP contribution >= 0.6 is 0 Å². The minimum Gasteiger partial charge on any atom is -0.480 e. The monoisotopic (exact) mass is 260 g/mol. The molecule has 0 aliphatic carbocycles. The van der Waals surface area contributed by atoms with Crippen molar-refractivity contribution >= 4 is 17.7 Å². The van der Waals surface area contributed by atoms with Gasteiger partial charge in [0.1, 0.15) is 0 Å². The lowest BCUT2D eigenvalue weighted by molar-refractivity contribution is -0.138. The number of amides is 1. The molecule has 1 aromatic heterocycles. The molecule has 1 amide bonds. The number of carbonyl (C=O) groups excluding carboxylic acids is 1. The first-order chi connectivity index (χ1) is 9.04. The van der Waals surface area contributed by atoms with E-state index in [9.17, 15) is 9.59 Å². The third-order valence-electron chi connectivity index (χ3n) is 2.37. The van der Waals surface area contributed by atoms with Gasteiger partial charge >= 0.3 is 5.97 Å². The molecule has 0 aliphatic heterocycles. The van der Waals surface area contributed by atoms with Gasteiger partial charge in [0.15, 0.2) is 12.4 Å². The maximum atomic E-state index is 11.9. The van der Waals surface area contributed by atoms with Crippen molar-refractivity contribution in [2.24, 2.45) is 0 Å². The second kappa shape index (κ2) is 5.30. The molecule has 7 nitrogen and oxygen atoms in total. The fourth-order valence-electron chi connectivity index (χ4n) is 1.45. The van der Waals surface area contributed by atoms with Crippen molar-refractivity contribution in [2.75, 3.05) is 5.32 Å². The number of hydrogen-bond donors (Lipinski definition) is 2. The van der Waals surface area contributed by atoms with E-state index in [-0.39, 0.29) is 18.3 Å². The number of carboxylic acid groups (broad SMARTS) is 1. The predicted molar refractivity (Wildman–Crippen MR) is 66.8 cm³/mol. The zero-order chi connectivity index (χ0) is 13.8. The first kappa shape index (κ1) is 12.7. The molecule has 0 bridgehead atoms. The first-order valence-corrected chi connectivity index (χ1v) is 5.54. The quantitative estimate of drug-likeness (QED) is 0.852. The van der Waals surface area contributed by atoms with Gasteiger partial charge in [-0.1, -0.05) is 17.7 Å². The Labute approximate surface area is 108 Å². The Morgan fingerprint density at radius 3 is 2.63 bits per heavy atom. The van der Waals surface area contributed by atoms with Crippen LogP contribution in [-0.4, -0.2) is 32.0 Å². The van der Waals surface area contributed by atoms with E-state index in [4.69, 9.17) is 5.11 Å². The minimum atomic E-state index is -1.05. The van der Waals surface area contributed by atoms with E-state index in [1.165, 1.54) is 6.20 Å². The summed E-state index contributed by atoms with van der Waals surface area (Å²) in [4.78, 5) is 23.3. The normalized spacial score (nSPS) is 10.2. The van der Waals surface area contributed by atoms with Crippen molar-refractivity contribution in [2.45, 2.75) is 13.5 Å². The number of benzene rings is 1. The highest BCUT2D eigenvalue weighted by Crippen LogP contribution is 2.06. The fourth-order valence-corrected chi connectivity index (χ4v) is 1.45. The van der Waals surface area contributed by atoms with Gasteiger partial charge in [-0.3, -0.25) is 9.59 Å². The van der Waals surface area contributed by atoms with Crippen molar-refractivity contribution in [1.29, 1.82) is 0 Å². The molecule has 7 heteroatoms. The lowest BCUT2D eigenvalue weighted by atomic mass is 10.1. The van der Waals surface area contributed by atoms with E-state index in [1.54, 1.807) is 12.1 Å². The van der Waals surface area contributed by atoms with E-state index in [2.05, 4.69) is 15.5 Å². The van der Waals surface area contributed by atoms with Crippen LogP contribution in [0.3, 0.4) is 0 Å². The van der Waals surface area contributed by atoms with Crippen molar-refractivity contribution in [3.63, 3.8) is 0 Å². The van der Waals surface area contributed by atoms with Gasteiger partial charge in [-0.25, -0.2) is 0 Å². The number of carbonyl (C=O) groups is 2. The molecular formula is C12H12N4O3. The van der Waals surface area contributed by atoms with Gasteiger partial charge in [-0.05, 0) is 19.1 Å². The summed E-state index contributed by atoms with van der Waals surface area (Å²) in [6.07, 6.45) is 1.30. The Bertz CT molecular complexity index is 604. The molecule has 1 aromatic carbocycles. The summed E-state index contributed by atoms with van der Waals surface area (Å²) >= 11 is 0. The van der Waals surface area contributed by atoms with Crippen LogP contribution in [0.25, 0.3) is 0 Å². The SMILES string of the molecule is Cc1ccc(C(=O)Nc2cnn(CC(=O)O)n2)cc1. The maximum Gasteiger partial charge on any atom is 0.327 e. The van der Waals surface area contributed by atoms with Crippen LogP contribution in [0.5, 0.6) is 0 Å². The lowest BCUT2D eigenvalue weighted by Crippen LogP contribution is -2.14. The second-order valence-corrected chi connectivity index (χ2v) is 3.97. The average Bonchev–Trinajstić information content (AvgIpc) is 2.76. The Kier molecular flexibility index (Phi) is 3.56. The molecule has 98 valence electrons. The molecule has 0 aliphatic rings. The number of anilines is 1. The molecule has 2 aromatic rings. The summed E-state index contributed by atoms with van der Waals surface area (Å²) in [5, 5.41) is 18.7. The number of aromatic nitrogens is 3. The lowest BCUT2D eigenvalue weighted by Gasteiger charge is -2.01. The number of carboxylic acids is 1. The molecule has 0 radical (unpaired) electrons. The molecule has 0 spiro atoms. The Morgan fingerprint density at radius 1 is 1.32 bits per heavy atom. The highest BCUT2D eigenvalue weighted by molar-refractivity contribution is 6.03. The highest BCUT2D eigenvalue weighted by Gasteiger charge is 2.09. The van der Waals surface area contributed by atoms with Gasteiger partial charge in [-0.15, -0.1) is 5.10 Å². The molecule has 0 saturated heterocycles. The molecule has 0 atom stereocenters. The molecule has 2 N–H and O–H groups in total. The van der Waals surface area contributed by atoms with Gasteiger partial charge in [0.2, 0.25) is 0 Å². The molecule has 0 saturated carbocycles. The summed E-state index contributed by atoms with van der Waals surface area (Å²) in [6.45, 7) is 1.58. The third kappa shape index (κ3) is 3.38. The smallest absolute Gasteiger partial charge is 0.327 e. The van der Waals surface area contributed by atoms with Gasteiger partial charge in [0.05, 0.1) is 6.20 Å². The highest BCUT2D eigenvalue weighted by atomic mass is 16.4. The maximum absolute atomic E-state index is 11.9. The van der Waals surface area contributed by atoms with Crippen molar-refractivity contribution in [3.8, 4) is 0 Å². The zero-order valence-electron chi connectivity index (χ0n) is 10.2. The van der Waals surface area contributed by atoms with Gasteiger partial charge in [-0.2, -0.15) is 9.90 Å². The Balaban J connectivity index is 2.04. The van der Waals surface area contributed by atoms with Crippen LogP contribution in [-0.2, 0) is 11.3 Å². The van der Waals surface area contributed by atoms with Crippen molar-refractivity contribution < 1.29 is 14.7 Å². The van der Waals surface area contributed by atoms with Crippen LogP contribution in [0.1, 0.15) is 15.9 Å². The van der Waals surface area contributed by atoms with Crippen LogP contribution in [0.2, 0.25) is 0 Å². The standard InChI is InChI=1S/C12H12N4O3/c1-8-2-4-9(5-3-8)12(19)14-10-6-13-16(15-10)7-11(17)18/h2-6H,7H2,1H3,(H,17,18)(H,14,15,19). The van der Waals surface area contributed by atoms with Gasteiger partial charge in [0, 0.05) is 5.56 Å². The van der Waals surface area contributed by atoms with Crippen LogP contribution in [0.4, 0.5) is 5.82 Å². The molecule has 1 heterocycles. The summed E-state index contributed by atoms with van der Waals surface area (Å²) in [5.74, 6) is -1.15. The fraction of sp³-hybridized carbons (Fsp3) is 0.167.